The van der Waals surface area contributed by atoms with Crippen molar-refractivity contribution in [2.75, 3.05) is 20.3 Å². The van der Waals surface area contributed by atoms with Crippen LogP contribution in [0.25, 0.3) is 0 Å². The standard InChI is InChI=1S/C16H23NO4/c1-12-5-7-13(8-6-12)15(20)17(16(2,3)11-18)10-9-14(19)21-4/h5-8,18H,9-11H2,1-4H3. The van der Waals surface area contributed by atoms with E-state index in [1.165, 1.54) is 12.0 Å². The Bertz CT molecular complexity index is 494. The number of hydrogen-bond donors (Lipinski definition) is 1. The van der Waals surface area contributed by atoms with Gasteiger partial charge in [-0.15, -0.1) is 0 Å². The fourth-order valence-electron chi connectivity index (χ4n) is 1.92. The number of carbonyl (C=O) groups is 2. The summed E-state index contributed by atoms with van der Waals surface area (Å²) in [6, 6.07) is 7.21. The van der Waals surface area contributed by atoms with Crippen LogP contribution < -0.4 is 0 Å². The molecule has 0 saturated heterocycles. The number of aryl methyl sites for hydroxylation is 1. The fraction of sp³-hybridized carbons (Fsp3) is 0.500. The lowest BCUT2D eigenvalue weighted by atomic mass is 10.0. The van der Waals surface area contributed by atoms with E-state index in [-0.39, 0.29) is 31.4 Å². The van der Waals surface area contributed by atoms with Crippen LogP contribution in [0.5, 0.6) is 0 Å². The second-order valence-corrected chi connectivity index (χ2v) is 5.62. The molecule has 0 spiro atoms. The van der Waals surface area contributed by atoms with Crippen LogP contribution in [0.1, 0.15) is 36.2 Å². The van der Waals surface area contributed by atoms with Gasteiger partial charge < -0.3 is 14.7 Å². The number of amides is 1. The third kappa shape index (κ3) is 4.56. The fourth-order valence-corrected chi connectivity index (χ4v) is 1.92. The van der Waals surface area contributed by atoms with Crippen LogP contribution in [0.3, 0.4) is 0 Å². The molecule has 1 amide bonds. The van der Waals surface area contributed by atoms with Gasteiger partial charge >= 0.3 is 5.97 Å². The van der Waals surface area contributed by atoms with Crippen LogP contribution in [-0.4, -0.2) is 47.7 Å². The van der Waals surface area contributed by atoms with Crippen molar-refractivity contribution in [1.82, 2.24) is 4.90 Å². The summed E-state index contributed by atoms with van der Waals surface area (Å²) in [5.74, 6) is -0.594. The summed E-state index contributed by atoms with van der Waals surface area (Å²) in [6.07, 6.45) is 0.0948. The molecule has 0 aliphatic carbocycles. The van der Waals surface area contributed by atoms with E-state index in [4.69, 9.17) is 0 Å². The normalized spacial score (nSPS) is 11.1. The number of carbonyl (C=O) groups excluding carboxylic acids is 2. The van der Waals surface area contributed by atoms with E-state index in [2.05, 4.69) is 4.74 Å². The summed E-state index contributed by atoms with van der Waals surface area (Å²) in [5.41, 5.74) is 0.844. The zero-order valence-corrected chi connectivity index (χ0v) is 13.0. The Morgan fingerprint density at radius 1 is 1.24 bits per heavy atom. The van der Waals surface area contributed by atoms with Crippen LogP contribution in [0.15, 0.2) is 24.3 Å². The third-order valence-electron chi connectivity index (χ3n) is 3.43. The van der Waals surface area contributed by atoms with E-state index in [0.717, 1.165) is 5.56 Å². The molecule has 1 N–H and O–H groups in total. The van der Waals surface area contributed by atoms with Crippen molar-refractivity contribution in [3.8, 4) is 0 Å². The van der Waals surface area contributed by atoms with E-state index in [0.29, 0.717) is 5.56 Å². The van der Waals surface area contributed by atoms with E-state index < -0.39 is 5.54 Å². The molecule has 0 aliphatic heterocycles. The van der Waals surface area contributed by atoms with Gasteiger partial charge in [0.05, 0.1) is 25.7 Å². The molecule has 116 valence electrons. The molecule has 1 rings (SSSR count). The Labute approximate surface area is 125 Å². The summed E-state index contributed by atoms with van der Waals surface area (Å²) >= 11 is 0. The summed E-state index contributed by atoms with van der Waals surface area (Å²) in [7, 11) is 1.31. The second-order valence-electron chi connectivity index (χ2n) is 5.62. The number of nitrogens with zero attached hydrogens (tertiary/aromatic N) is 1. The molecule has 1 aromatic rings. The van der Waals surface area contributed by atoms with Gasteiger partial charge in [-0.05, 0) is 32.9 Å². The third-order valence-corrected chi connectivity index (χ3v) is 3.43. The van der Waals surface area contributed by atoms with Gasteiger partial charge in [-0.2, -0.15) is 0 Å². The van der Waals surface area contributed by atoms with Crippen molar-refractivity contribution in [3.63, 3.8) is 0 Å². The topological polar surface area (TPSA) is 66.8 Å². The molecule has 5 nitrogen and oxygen atoms in total. The van der Waals surface area contributed by atoms with Crippen molar-refractivity contribution < 1.29 is 19.4 Å². The summed E-state index contributed by atoms with van der Waals surface area (Å²) in [4.78, 5) is 25.4. The SMILES string of the molecule is COC(=O)CCN(C(=O)c1ccc(C)cc1)C(C)(C)CO. The second kappa shape index (κ2) is 7.22. The highest BCUT2D eigenvalue weighted by Gasteiger charge is 2.31. The van der Waals surface area contributed by atoms with Crippen LogP contribution in [0.4, 0.5) is 0 Å². The summed E-state index contributed by atoms with van der Waals surface area (Å²) in [5, 5.41) is 9.52. The molecule has 0 unspecified atom stereocenters. The molecule has 1 aromatic carbocycles. The smallest absolute Gasteiger partial charge is 0.307 e. The van der Waals surface area contributed by atoms with Crippen LogP contribution in [0.2, 0.25) is 0 Å². The Hall–Kier alpha value is -1.88. The predicted molar refractivity (Wildman–Crippen MR) is 80.0 cm³/mol. The highest BCUT2D eigenvalue weighted by molar-refractivity contribution is 5.95. The molecule has 0 aromatic heterocycles. The van der Waals surface area contributed by atoms with E-state index in [9.17, 15) is 14.7 Å². The molecule has 5 heteroatoms. The van der Waals surface area contributed by atoms with Gasteiger partial charge in [0.15, 0.2) is 0 Å². The van der Waals surface area contributed by atoms with E-state index in [1.54, 1.807) is 26.0 Å². The predicted octanol–water partition coefficient (Wildman–Crippen LogP) is 1.77. The maximum Gasteiger partial charge on any atom is 0.307 e. The zero-order chi connectivity index (χ0) is 16.0. The lowest BCUT2D eigenvalue weighted by Gasteiger charge is -2.37. The highest BCUT2D eigenvalue weighted by atomic mass is 16.5. The Morgan fingerprint density at radius 3 is 2.29 bits per heavy atom. The molecule has 0 aliphatic rings. The highest BCUT2D eigenvalue weighted by Crippen LogP contribution is 2.18. The molecule has 0 radical (unpaired) electrons. The number of esters is 1. The van der Waals surface area contributed by atoms with Crippen molar-refractivity contribution in [1.29, 1.82) is 0 Å². The van der Waals surface area contributed by atoms with Crippen LogP contribution in [-0.2, 0) is 9.53 Å². The van der Waals surface area contributed by atoms with Crippen molar-refractivity contribution in [2.24, 2.45) is 0 Å². The molecule has 0 fully saturated rings. The summed E-state index contributed by atoms with van der Waals surface area (Å²) in [6.45, 7) is 5.48. The number of hydrogen-bond acceptors (Lipinski definition) is 4. The minimum atomic E-state index is -0.754. The maximum absolute atomic E-state index is 12.6. The van der Waals surface area contributed by atoms with E-state index in [1.807, 2.05) is 19.1 Å². The molecule has 21 heavy (non-hydrogen) atoms. The molecule has 0 saturated carbocycles. The summed E-state index contributed by atoms with van der Waals surface area (Å²) < 4.78 is 4.61. The first kappa shape index (κ1) is 17.2. The monoisotopic (exact) mass is 293 g/mol. The van der Waals surface area contributed by atoms with Gasteiger partial charge in [0.25, 0.3) is 5.91 Å². The maximum atomic E-state index is 12.6. The molecule has 0 heterocycles. The Balaban J connectivity index is 2.97. The van der Waals surface area contributed by atoms with Crippen molar-refractivity contribution in [2.45, 2.75) is 32.7 Å². The number of ether oxygens (including phenoxy) is 1. The average molecular weight is 293 g/mol. The number of benzene rings is 1. The molecular formula is C16H23NO4. The number of rotatable bonds is 6. The lowest BCUT2D eigenvalue weighted by Crippen LogP contribution is -2.51. The van der Waals surface area contributed by atoms with Gasteiger partial charge in [-0.3, -0.25) is 9.59 Å². The quantitative estimate of drug-likeness (QED) is 0.812. The van der Waals surface area contributed by atoms with Gasteiger partial charge in [0.2, 0.25) is 0 Å². The Morgan fingerprint density at radius 2 is 1.81 bits per heavy atom. The van der Waals surface area contributed by atoms with Gasteiger partial charge in [0.1, 0.15) is 0 Å². The molecule has 0 bridgehead atoms. The van der Waals surface area contributed by atoms with Crippen LogP contribution in [0, 0.1) is 6.92 Å². The Kier molecular flexibility index (Phi) is 5.90. The minimum Gasteiger partial charge on any atom is -0.469 e. The molecule has 0 atom stereocenters. The van der Waals surface area contributed by atoms with E-state index >= 15 is 0 Å². The van der Waals surface area contributed by atoms with Crippen molar-refractivity contribution in [3.05, 3.63) is 35.4 Å². The first-order valence-electron chi connectivity index (χ1n) is 6.88. The lowest BCUT2D eigenvalue weighted by molar-refractivity contribution is -0.141. The number of methoxy groups -OCH3 is 1. The zero-order valence-electron chi connectivity index (χ0n) is 13.0. The minimum absolute atomic E-state index is 0.0948. The van der Waals surface area contributed by atoms with Gasteiger partial charge in [-0.1, -0.05) is 17.7 Å². The number of aliphatic hydroxyl groups is 1. The first-order chi connectivity index (χ1) is 9.81. The van der Waals surface area contributed by atoms with Gasteiger partial charge in [0, 0.05) is 12.1 Å². The average Bonchev–Trinajstić information content (AvgIpc) is 2.47. The largest absolute Gasteiger partial charge is 0.469 e. The first-order valence-corrected chi connectivity index (χ1v) is 6.88. The number of aliphatic hydroxyl groups excluding tert-OH is 1. The van der Waals surface area contributed by atoms with Gasteiger partial charge in [-0.25, -0.2) is 0 Å². The van der Waals surface area contributed by atoms with Crippen LogP contribution >= 0.6 is 0 Å². The molecular weight excluding hydrogens is 270 g/mol. The van der Waals surface area contributed by atoms with Crippen molar-refractivity contribution >= 4 is 11.9 Å².